The third kappa shape index (κ3) is 3.77. The van der Waals surface area contributed by atoms with Crippen LogP contribution >= 0.6 is 11.8 Å². The van der Waals surface area contributed by atoms with E-state index in [0.29, 0.717) is 5.89 Å². The summed E-state index contributed by atoms with van der Waals surface area (Å²) in [7, 11) is 0. The number of aryl methyl sites for hydroxylation is 2. The summed E-state index contributed by atoms with van der Waals surface area (Å²) in [5.74, 6) is 3.36. The molecule has 2 aromatic rings. The van der Waals surface area contributed by atoms with Crippen LogP contribution < -0.4 is 5.73 Å². The van der Waals surface area contributed by atoms with Crippen LogP contribution in [0.4, 0.5) is 5.69 Å². The van der Waals surface area contributed by atoms with E-state index >= 15 is 0 Å². The van der Waals surface area contributed by atoms with Crippen molar-refractivity contribution in [2.45, 2.75) is 25.5 Å². The molecule has 0 radical (unpaired) electrons. The van der Waals surface area contributed by atoms with Crippen molar-refractivity contribution >= 4 is 17.4 Å². The minimum atomic E-state index is 0.698. The summed E-state index contributed by atoms with van der Waals surface area (Å²) >= 11 is 1.79. The number of nitrogens with zero attached hydrogens (tertiary/aromatic N) is 2. The van der Waals surface area contributed by atoms with E-state index in [0.717, 1.165) is 35.9 Å². The lowest BCUT2D eigenvalue weighted by Gasteiger charge is -1.99. The first-order valence-electron chi connectivity index (χ1n) is 6.01. The molecule has 5 heteroatoms. The van der Waals surface area contributed by atoms with Crippen LogP contribution in [0, 0.1) is 0 Å². The topological polar surface area (TPSA) is 64.9 Å². The standard InChI is InChI=1S/C13H17N3OS/c1-2-18-9-12-15-13(17-16-12)7-6-10-4-3-5-11(14)8-10/h3-5,8H,2,6-7,9,14H2,1H3. The van der Waals surface area contributed by atoms with E-state index in [1.165, 1.54) is 5.56 Å². The normalized spacial score (nSPS) is 10.7. The van der Waals surface area contributed by atoms with Crippen molar-refractivity contribution in [1.82, 2.24) is 10.1 Å². The molecule has 0 fully saturated rings. The molecule has 0 unspecified atom stereocenters. The molecule has 1 heterocycles. The molecule has 0 atom stereocenters. The predicted molar refractivity (Wildman–Crippen MR) is 74.4 cm³/mol. The SMILES string of the molecule is CCSCc1noc(CCc2cccc(N)c2)n1. The molecule has 2 N–H and O–H groups in total. The Morgan fingerprint density at radius 3 is 3.00 bits per heavy atom. The summed E-state index contributed by atoms with van der Waals surface area (Å²) in [6, 6.07) is 7.88. The van der Waals surface area contributed by atoms with E-state index in [1.807, 2.05) is 18.2 Å². The Bertz CT molecular complexity index is 498. The molecule has 96 valence electrons. The van der Waals surface area contributed by atoms with Gasteiger partial charge < -0.3 is 10.3 Å². The van der Waals surface area contributed by atoms with Crippen molar-refractivity contribution in [3.8, 4) is 0 Å². The molecule has 18 heavy (non-hydrogen) atoms. The Labute approximate surface area is 111 Å². The van der Waals surface area contributed by atoms with E-state index in [9.17, 15) is 0 Å². The van der Waals surface area contributed by atoms with Gasteiger partial charge in [0.25, 0.3) is 0 Å². The average molecular weight is 263 g/mol. The molecule has 4 nitrogen and oxygen atoms in total. The zero-order valence-corrected chi connectivity index (χ0v) is 11.2. The first-order chi connectivity index (χ1) is 8.78. The Kier molecular flexibility index (Phi) is 4.64. The van der Waals surface area contributed by atoms with Gasteiger partial charge in [-0.15, -0.1) is 0 Å². The van der Waals surface area contributed by atoms with Crippen LogP contribution in [0.25, 0.3) is 0 Å². The number of aromatic nitrogens is 2. The zero-order chi connectivity index (χ0) is 12.8. The molecule has 1 aromatic heterocycles. The monoisotopic (exact) mass is 263 g/mol. The fourth-order valence-corrected chi connectivity index (χ4v) is 2.15. The largest absolute Gasteiger partial charge is 0.399 e. The predicted octanol–water partition coefficient (Wildman–Crippen LogP) is 2.69. The molecule has 0 bridgehead atoms. The molecule has 0 saturated heterocycles. The van der Waals surface area contributed by atoms with Gasteiger partial charge >= 0.3 is 0 Å². The van der Waals surface area contributed by atoms with Crippen molar-refractivity contribution in [2.24, 2.45) is 0 Å². The number of hydrogen-bond donors (Lipinski definition) is 1. The molecular weight excluding hydrogens is 246 g/mol. The van der Waals surface area contributed by atoms with Gasteiger partial charge in [-0.25, -0.2) is 0 Å². The fraction of sp³-hybridized carbons (Fsp3) is 0.385. The minimum absolute atomic E-state index is 0.698. The van der Waals surface area contributed by atoms with E-state index in [-0.39, 0.29) is 0 Å². The minimum Gasteiger partial charge on any atom is -0.399 e. The van der Waals surface area contributed by atoms with Crippen molar-refractivity contribution < 1.29 is 4.52 Å². The van der Waals surface area contributed by atoms with Gasteiger partial charge in [0.15, 0.2) is 5.82 Å². The highest BCUT2D eigenvalue weighted by Crippen LogP contribution is 2.12. The summed E-state index contributed by atoms with van der Waals surface area (Å²) in [4.78, 5) is 4.36. The summed E-state index contributed by atoms with van der Waals surface area (Å²) in [5, 5.41) is 3.95. The van der Waals surface area contributed by atoms with Gasteiger partial charge in [0.2, 0.25) is 5.89 Å². The molecule has 0 aliphatic heterocycles. The van der Waals surface area contributed by atoms with Gasteiger partial charge in [-0.1, -0.05) is 24.2 Å². The maximum Gasteiger partial charge on any atom is 0.227 e. The van der Waals surface area contributed by atoms with Crippen LogP contribution in [0.5, 0.6) is 0 Å². The van der Waals surface area contributed by atoms with Crippen molar-refractivity contribution in [3.63, 3.8) is 0 Å². The second-order valence-corrected chi connectivity index (χ2v) is 5.26. The number of nitrogen functional groups attached to an aromatic ring is 1. The smallest absolute Gasteiger partial charge is 0.227 e. The summed E-state index contributed by atoms with van der Waals surface area (Å²) in [6.07, 6.45) is 1.63. The number of rotatable bonds is 6. The molecular formula is C13H17N3OS. The van der Waals surface area contributed by atoms with Gasteiger partial charge in [0.1, 0.15) is 0 Å². The van der Waals surface area contributed by atoms with Crippen LogP contribution in [0.3, 0.4) is 0 Å². The number of nitrogens with two attached hydrogens (primary N) is 1. The number of anilines is 1. The number of benzene rings is 1. The molecule has 0 spiro atoms. The maximum atomic E-state index is 5.73. The number of thioether (sulfide) groups is 1. The van der Waals surface area contributed by atoms with E-state index in [2.05, 4.69) is 23.1 Å². The molecule has 0 aliphatic rings. The van der Waals surface area contributed by atoms with Gasteiger partial charge in [-0.2, -0.15) is 16.7 Å². The van der Waals surface area contributed by atoms with E-state index in [4.69, 9.17) is 10.3 Å². The lowest BCUT2D eigenvalue weighted by molar-refractivity contribution is 0.374. The second-order valence-electron chi connectivity index (χ2n) is 3.99. The fourth-order valence-electron chi connectivity index (χ4n) is 1.64. The first kappa shape index (κ1) is 13.0. The summed E-state index contributed by atoms with van der Waals surface area (Å²) < 4.78 is 5.21. The highest BCUT2D eigenvalue weighted by molar-refractivity contribution is 7.98. The van der Waals surface area contributed by atoms with E-state index in [1.54, 1.807) is 11.8 Å². The van der Waals surface area contributed by atoms with Gasteiger partial charge in [0, 0.05) is 12.1 Å². The molecule has 0 aliphatic carbocycles. The van der Waals surface area contributed by atoms with Crippen LogP contribution in [-0.2, 0) is 18.6 Å². The van der Waals surface area contributed by atoms with Crippen LogP contribution in [-0.4, -0.2) is 15.9 Å². The van der Waals surface area contributed by atoms with Crippen LogP contribution in [0.2, 0.25) is 0 Å². The second kappa shape index (κ2) is 6.44. The number of hydrogen-bond acceptors (Lipinski definition) is 5. The van der Waals surface area contributed by atoms with Gasteiger partial charge in [-0.05, 0) is 29.9 Å². The third-order valence-electron chi connectivity index (χ3n) is 2.52. The Balaban J connectivity index is 1.88. The van der Waals surface area contributed by atoms with Crippen LogP contribution in [0.15, 0.2) is 28.8 Å². The Hall–Kier alpha value is -1.49. The van der Waals surface area contributed by atoms with Crippen molar-refractivity contribution in [3.05, 3.63) is 41.5 Å². The van der Waals surface area contributed by atoms with Gasteiger partial charge in [0.05, 0.1) is 5.75 Å². The van der Waals surface area contributed by atoms with Gasteiger partial charge in [-0.3, -0.25) is 0 Å². The van der Waals surface area contributed by atoms with E-state index < -0.39 is 0 Å². The summed E-state index contributed by atoms with van der Waals surface area (Å²) in [6.45, 7) is 2.12. The lowest BCUT2D eigenvalue weighted by Crippen LogP contribution is -1.94. The van der Waals surface area contributed by atoms with Crippen LogP contribution in [0.1, 0.15) is 24.2 Å². The van der Waals surface area contributed by atoms with Crippen molar-refractivity contribution in [2.75, 3.05) is 11.5 Å². The Morgan fingerprint density at radius 2 is 2.22 bits per heavy atom. The lowest BCUT2D eigenvalue weighted by atomic mass is 10.1. The molecule has 0 amide bonds. The zero-order valence-electron chi connectivity index (χ0n) is 10.4. The first-order valence-corrected chi connectivity index (χ1v) is 7.17. The molecule has 2 rings (SSSR count). The maximum absolute atomic E-state index is 5.73. The molecule has 1 aromatic carbocycles. The Morgan fingerprint density at radius 1 is 1.33 bits per heavy atom. The quantitative estimate of drug-likeness (QED) is 0.812. The highest BCUT2D eigenvalue weighted by Gasteiger charge is 2.06. The average Bonchev–Trinajstić information content (AvgIpc) is 2.82. The third-order valence-corrected chi connectivity index (χ3v) is 3.39. The summed E-state index contributed by atoms with van der Waals surface area (Å²) in [5.41, 5.74) is 7.71. The highest BCUT2D eigenvalue weighted by atomic mass is 32.2. The van der Waals surface area contributed by atoms with Crippen molar-refractivity contribution in [1.29, 1.82) is 0 Å². The molecule has 0 saturated carbocycles.